The highest BCUT2D eigenvalue weighted by atomic mass is 35.5. The number of anilines is 2. The smallest absolute Gasteiger partial charge is 0.261 e. The zero-order chi connectivity index (χ0) is 26.8. The molecule has 1 aliphatic heterocycles. The second-order valence-electron chi connectivity index (χ2n) is 9.92. The van der Waals surface area contributed by atoms with Crippen LogP contribution in [0, 0.1) is 5.82 Å². The highest BCUT2D eigenvalue weighted by molar-refractivity contribution is 7.91. The fraction of sp³-hybridized carbons (Fsp3) is 0.583. The predicted octanol–water partition coefficient (Wildman–Crippen LogP) is 2.18. The van der Waals surface area contributed by atoms with E-state index in [0.717, 1.165) is 19.2 Å². The number of halogens is 2. The third kappa shape index (κ3) is 6.80. The van der Waals surface area contributed by atoms with E-state index >= 15 is 0 Å². The Bertz CT molecular complexity index is 1250. The van der Waals surface area contributed by atoms with Gasteiger partial charge in [0.2, 0.25) is 0 Å². The first kappa shape index (κ1) is 27.8. The van der Waals surface area contributed by atoms with E-state index in [0.29, 0.717) is 38.3 Å². The van der Waals surface area contributed by atoms with Gasteiger partial charge in [0, 0.05) is 31.7 Å². The van der Waals surface area contributed by atoms with Gasteiger partial charge in [-0.2, -0.15) is 5.10 Å². The number of nitrogens with one attached hydrogen (secondary N) is 1. The number of hydrogen-bond acceptors (Lipinski definition) is 8. The van der Waals surface area contributed by atoms with Gasteiger partial charge in [-0.1, -0.05) is 11.6 Å². The monoisotopic (exact) mass is 557 g/mol. The Morgan fingerprint density at radius 1 is 1.38 bits per heavy atom. The van der Waals surface area contributed by atoms with E-state index in [4.69, 9.17) is 22.1 Å². The lowest BCUT2D eigenvalue weighted by molar-refractivity contribution is 0.0380. The Hall–Kier alpha value is -2.25. The third-order valence-corrected chi connectivity index (χ3v) is 9.19. The van der Waals surface area contributed by atoms with Crippen LogP contribution < -0.4 is 11.1 Å². The molecule has 0 radical (unpaired) electrons. The number of nitrogens with zero attached hydrogens (tertiary/aromatic N) is 3. The van der Waals surface area contributed by atoms with Gasteiger partial charge in [-0.25, -0.2) is 12.8 Å². The largest absolute Gasteiger partial charge is 0.389 e. The molecule has 2 heterocycles. The van der Waals surface area contributed by atoms with Crippen molar-refractivity contribution in [2.45, 2.75) is 37.2 Å². The van der Waals surface area contributed by atoms with Crippen LogP contribution in [0.3, 0.4) is 0 Å². The number of sulfone groups is 1. The van der Waals surface area contributed by atoms with Crippen LogP contribution >= 0.6 is 11.6 Å². The molecule has 0 spiro atoms. The summed E-state index contributed by atoms with van der Waals surface area (Å²) in [5, 5.41) is 18.1. The SMILES string of the molecule is Cn1nc(C2CCC(O)(CS(=O)(=O)CCCN3CCOCC3)C2)c(C(=O)Nc2ccc(F)c(Cl)c2)c1N. The van der Waals surface area contributed by atoms with Crippen molar-refractivity contribution < 1.29 is 27.4 Å². The number of aromatic nitrogens is 2. The highest BCUT2D eigenvalue weighted by Gasteiger charge is 2.43. The third-order valence-electron chi connectivity index (χ3n) is 7.02. The molecule has 1 amide bonds. The van der Waals surface area contributed by atoms with Gasteiger partial charge in [-0.3, -0.25) is 14.4 Å². The Morgan fingerprint density at radius 3 is 2.81 bits per heavy atom. The first-order chi connectivity index (χ1) is 17.5. The molecule has 0 bridgehead atoms. The van der Waals surface area contributed by atoms with Crippen LogP contribution in [0.1, 0.15) is 47.7 Å². The van der Waals surface area contributed by atoms with Crippen LogP contribution in [-0.2, 0) is 21.6 Å². The number of rotatable bonds is 9. The van der Waals surface area contributed by atoms with Crippen LogP contribution in [0.2, 0.25) is 5.02 Å². The molecule has 2 aromatic rings. The van der Waals surface area contributed by atoms with Gasteiger partial charge >= 0.3 is 0 Å². The van der Waals surface area contributed by atoms with Crippen molar-refractivity contribution in [1.82, 2.24) is 14.7 Å². The van der Waals surface area contributed by atoms with E-state index in [1.807, 2.05) is 0 Å². The van der Waals surface area contributed by atoms with Gasteiger partial charge < -0.3 is 20.9 Å². The zero-order valence-corrected chi connectivity index (χ0v) is 22.3. The number of carbonyl (C=O) groups is 1. The van der Waals surface area contributed by atoms with E-state index in [-0.39, 0.29) is 52.4 Å². The first-order valence-corrected chi connectivity index (χ1v) is 14.5. The number of amides is 1. The Morgan fingerprint density at radius 2 is 2.11 bits per heavy atom. The van der Waals surface area contributed by atoms with Gasteiger partial charge in [0.05, 0.1) is 41.0 Å². The molecule has 4 rings (SSSR count). The van der Waals surface area contributed by atoms with Crippen molar-refractivity contribution in [3.05, 3.63) is 40.3 Å². The summed E-state index contributed by atoms with van der Waals surface area (Å²) in [5.74, 6) is -1.71. The van der Waals surface area contributed by atoms with Crippen LogP contribution in [0.25, 0.3) is 0 Å². The molecule has 1 aromatic carbocycles. The standard InChI is InChI=1S/C24H33ClFN5O5S/c1-30-22(27)20(23(32)28-17-3-4-19(26)18(25)13-17)21(29-30)16-5-6-24(33,14-16)15-37(34,35)12-2-7-31-8-10-36-11-9-31/h3-4,13,16,33H,2,5-12,14-15,27H2,1H3,(H,28,32). The maximum Gasteiger partial charge on any atom is 0.261 e. The lowest BCUT2D eigenvalue weighted by atomic mass is 9.96. The van der Waals surface area contributed by atoms with E-state index in [2.05, 4.69) is 15.3 Å². The topological polar surface area (TPSA) is 140 Å². The van der Waals surface area contributed by atoms with E-state index in [1.54, 1.807) is 7.05 Å². The number of ether oxygens (including phenoxy) is 1. The minimum Gasteiger partial charge on any atom is -0.389 e. The summed E-state index contributed by atoms with van der Waals surface area (Å²) in [6, 6.07) is 3.81. The maximum absolute atomic E-state index is 13.5. The number of nitrogen functional groups attached to an aromatic ring is 1. The molecule has 37 heavy (non-hydrogen) atoms. The quantitative estimate of drug-likeness (QED) is 0.426. The summed E-state index contributed by atoms with van der Waals surface area (Å²) < 4.78 is 45.8. The Labute approximate surface area is 220 Å². The zero-order valence-electron chi connectivity index (χ0n) is 20.8. The van der Waals surface area contributed by atoms with Crippen molar-refractivity contribution in [2.75, 3.05) is 55.4 Å². The fourth-order valence-corrected chi connectivity index (χ4v) is 7.10. The molecule has 1 saturated carbocycles. The number of morpholine rings is 1. The minimum atomic E-state index is -3.49. The molecule has 10 nitrogen and oxygen atoms in total. The molecule has 2 atom stereocenters. The van der Waals surface area contributed by atoms with Gasteiger partial charge in [-0.15, -0.1) is 0 Å². The van der Waals surface area contributed by atoms with Crippen molar-refractivity contribution in [3.63, 3.8) is 0 Å². The first-order valence-electron chi connectivity index (χ1n) is 12.3. The second kappa shape index (κ2) is 11.2. The van der Waals surface area contributed by atoms with Gasteiger partial charge in [0.15, 0.2) is 9.84 Å². The lowest BCUT2D eigenvalue weighted by Gasteiger charge is -2.27. The molecule has 4 N–H and O–H groups in total. The number of nitrogens with two attached hydrogens (primary N) is 1. The van der Waals surface area contributed by atoms with Gasteiger partial charge in [0.1, 0.15) is 17.2 Å². The number of carbonyl (C=O) groups excluding carboxylic acids is 1. The molecule has 2 aliphatic rings. The van der Waals surface area contributed by atoms with Gasteiger partial charge in [0.25, 0.3) is 5.91 Å². The summed E-state index contributed by atoms with van der Waals surface area (Å²) in [6.45, 7) is 3.58. The molecule has 13 heteroatoms. The second-order valence-corrected chi connectivity index (χ2v) is 12.5. The van der Waals surface area contributed by atoms with E-state index in [1.165, 1.54) is 16.8 Å². The average Bonchev–Trinajstić information content (AvgIpc) is 3.35. The molecule has 2 unspecified atom stereocenters. The highest BCUT2D eigenvalue weighted by Crippen LogP contribution is 2.43. The van der Waals surface area contributed by atoms with Crippen LogP contribution in [0.5, 0.6) is 0 Å². The summed E-state index contributed by atoms with van der Waals surface area (Å²) in [7, 11) is -1.89. The Kier molecular flexibility index (Phi) is 8.44. The van der Waals surface area contributed by atoms with E-state index < -0.39 is 27.2 Å². The van der Waals surface area contributed by atoms with Crippen LogP contribution in [0.15, 0.2) is 18.2 Å². The van der Waals surface area contributed by atoms with E-state index in [9.17, 15) is 22.7 Å². The normalized spacial score (nSPS) is 22.9. The Balaban J connectivity index is 1.41. The molecule has 1 aliphatic carbocycles. The van der Waals surface area contributed by atoms with Crippen molar-refractivity contribution in [1.29, 1.82) is 0 Å². The van der Waals surface area contributed by atoms with Crippen molar-refractivity contribution in [3.8, 4) is 0 Å². The molecular formula is C24H33ClFN5O5S. The molecule has 204 valence electrons. The molecule has 2 fully saturated rings. The van der Waals surface area contributed by atoms with Crippen molar-refractivity contribution >= 4 is 38.9 Å². The lowest BCUT2D eigenvalue weighted by Crippen LogP contribution is -2.38. The van der Waals surface area contributed by atoms with Crippen LogP contribution in [0.4, 0.5) is 15.9 Å². The van der Waals surface area contributed by atoms with Gasteiger partial charge in [-0.05, 0) is 50.4 Å². The number of hydrogen-bond donors (Lipinski definition) is 3. The fourth-order valence-electron chi connectivity index (χ4n) is 5.13. The number of benzene rings is 1. The molecule has 1 aromatic heterocycles. The van der Waals surface area contributed by atoms with Crippen LogP contribution in [-0.4, -0.2) is 84.1 Å². The predicted molar refractivity (Wildman–Crippen MR) is 139 cm³/mol. The number of aryl methyl sites for hydroxylation is 1. The summed E-state index contributed by atoms with van der Waals surface area (Å²) >= 11 is 5.82. The molecular weight excluding hydrogens is 525 g/mol. The summed E-state index contributed by atoms with van der Waals surface area (Å²) in [5.41, 5.74) is 5.57. The summed E-state index contributed by atoms with van der Waals surface area (Å²) in [6.07, 6.45) is 1.37. The summed E-state index contributed by atoms with van der Waals surface area (Å²) in [4.78, 5) is 15.3. The number of aliphatic hydroxyl groups is 1. The molecule has 1 saturated heterocycles. The average molecular weight is 558 g/mol. The van der Waals surface area contributed by atoms with Crippen molar-refractivity contribution in [2.24, 2.45) is 7.05 Å². The maximum atomic E-state index is 13.5. The minimum absolute atomic E-state index is 0.00174.